The smallest absolute Gasteiger partial charge is 0.296 e. The first kappa shape index (κ1) is 19.6. The molecule has 8 N–H and O–H groups in total. The summed E-state index contributed by atoms with van der Waals surface area (Å²) in [5.74, 6) is -4.68. The normalized spacial score (nSPS) is 13.9. The van der Waals surface area contributed by atoms with Crippen LogP contribution in [0, 0.1) is 0 Å². The highest BCUT2D eigenvalue weighted by molar-refractivity contribution is 7.86. The lowest BCUT2D eigenvalue weighted by molar-refractivity contribution is 0.0975. The highest BCUT2D eigenvalue weighted by atomic mass is 32.2. The number of hydrogen-bond donors (Lipinski definition) is 6. The first-order valence-corrected chi connectivity index (χ1v) is 9.91. The molecule has 0 heterocycles. The summed E-state index contributed by atoms with van der Waals surface area (Å²) in [7, 11) is -10.0. The van der Waals surface area contributed by atoms with E-state index in [0.29, 0.717) is 12.1 Å². The van der Waals surface area contributed by atoms with E-state index in [4.69, 9.17) is 11.5 Å². The maximum absolute atomic E-state index is 12.8. The summed E-state index contributed by atoms with van der Waals surface area (Å²) in [5.41, 5.74) is 6.11. The van der Waals surface area contributed by atoms with Crippen LogP contribution in [0.4, 0.5) is 11.4 Å². The van der Waals surface area contributed by atoms with Crippen LogP contribution in [0.15, 0.2) is 21.9 Å². The topological polar surface area (TPSA) is 235 Å². The number of benzene rings is 2. The van der Waals surface area contributed by atoms with Gasteiger partial charge < -0.3 is 21.7 Å². The largest absolute Gasteiger partial charge is 0.507 e. The minimum atomic E-state index is -5.00. The molecule has 0 aliphatic heterocycles. The van der Waals surface area contributed by atoms with E-state index < -0.39 is 86.7 Å². The maximum Gasteiger partial charge on any atom is 0.296 e. The van der Waals surface area contributed by atoms with Crippen molar-refractivity contribution in [3.8, 4) is 11.5 Å². The molecule has 0 fully saturated rings. The van der Waals surface area contributed by atoms with Gasteiger partial charge in [0.2, 0.25) is 11.6 Å². The number of anilines is 2. The Morgan fingerprint density at radius 3 is 1.18 bits per heavy atom. The molecular formula is C14H10N2O10S2. The molecule has 0 amide bonds. The third-order valence-electron chi connectivity index (χ3n) is 4.08. The molecule has 1 aliphatic rings. The molecule has 14 heteroatoms. The van der Waals surface area contributed by atoms with Crippen molar-refractivity contribution in [2.24, 2.45) is 0 Å². The van der Waals surface area contributed by atoms with E-state index in [1.54, 1.807) is 0 Å². The monoisotopic (exact) mass is 430 g/mol. The predicted molar refractivity (Wildman–Crippen MR) is 91.5 cm³/mol. The highest BCUT2D eigenvalue weighted by Gasteiger charge is 2.41. The molecule has 2 aromatic carbocycles. The number of nitrogen functional groups attached to an aromatic ring is 2. The van der Waals surface area contributed by atoms with Crippen LogP contribution in [0.3, 0.4) is 0 Å². The molecule has 0 saturated carbocycles. The van der Waals surface area contributed by atoms with Gasteiger partial charge in [0.25, 0.3) is 20.2 Å². The zero-order valence-electron chi connectivity index (χ0n) is 13.4. The van der Waals surface area contributed by atoms with Gasteiger partial charge in [-0.25, -0.2) is 0 Å². The first-order chi connectivity index (χ1) is 12.7. The lowest BCUT2D eigenvalue weighted by Gasteiger charge is -2.23. The molecule has 28 heavy (non-hydrogen) atoms. The van der Waals surface area contributed by atoms with Gasteiger partial charge in [0.15, 0.2) is 0 Å². The lowest BCUT2D eigenvalue weighted by Crippen LogP contribution is -2.26. The van der Waals surface area contributed by atoms with E-state index in [9.17, 15) is 45.7 Å². The Morgan fingerprint density at radius 2 is 0.929 bits per heavy atom. The number of carbonyl (C=O) groups is 2. The molecule has 12 nitrogen and oxygen atoms in total. The number of phenolic OH excluding ortho intramolecular Hbond substituents is 2. The second-order valence-electron chi connectivity index (χ2n) is 5.72. The Labute approximate surface area is 156 Å². The van der Waals surface area contributed by atoms with Gasteiger partial charge in [-0.1, -0.05) is 0 Å². The van der Waals surface area contributed by atoms with Crippen molar-refractivity contribution < 1.29 is 45.7 Å². The molecule has 0 radical (unpaired) electrons. The number of carbonyl (C=O) groups excluding carboxylic acids is 2. The Hall–Kier alpha value is -3.20. The van der Waals surface area contributed by atoms with Gasteiger partial charge in [0, 0.05) is 12.1 Å². The number of aromatic hydroxyl groups is 2. The molecule has 3 rings (SSSR count). The molecule has 0 bridgehead atoms. The van der Waals surface area contributed by atoms with Crippen LogP contribution in [-0.2, 0) is 20.2 Å². The molecule has 0 atom stereocenters. The van der Waals surface area contributed by atoms with Crippen molar-refractivity contribution in [3.05, 3.63) is 34.4 Å². The van der Waals surface area contributed by atoms with Crippen LogP contribution in [0.25, 0.3) is 0 Å². The van der Waals surface area contributed by atoms with Gasteiger partial charge in [0.1, 0.15) is 21.3 Å². The zero-order valence-corrected chi connectivity index (χ0v) is 15.0. The average molecular weight is 430 g/mol. The van der Waals surface area contributed by atoms with Crippen molar-refractivity contribution in [2.75, 3.05) is 11.5 Å². The first-order valence-electron chi connectivity index (χ1n) is 7.03. The predicted octanol–water partition coefficient (Wildman–Crippen LogP) is -0.469. The SMILES string of the molecule is Nc1c(S(=O)(=O)O)cc(O)c2c1C(=O)c1c(O)cc(S(=O)(=O)O)c(N)c1C2=O. The fourth-order valence-electron chi connectivity index (χ4n) is 2.93. The summed E-state index contributed by atoms with van der Waals surface area (Å²) >= 11 is 0. The van der Waals surface area contributed by atoms with Crippen molar-refractivity contribution in [2.45, 2.75) is 9.79 Å². The molecule has 0 spiro atoms. The quantitative estimate of drug-likeness (QED) is 0.172. The fraction of sp³-hybridized carbons (Fsp3) is 0. The summed E-state index contributed by atoms with van der Waals surface area (Å²) in [6.45, 7) is 0. The number of fused-ring (bicyclic) bond motifs is 2. The van der Waals surface area contributed by atoms with Gasteiger partial charge in [0.05, 0.1) is 33.6 Å². The van der Waals surface area contributed by atoms with Crippen molar-refractivity contribution in [3.63, 3.8) is 0 Å². The lowest BCUT2D eigenvalue weighted by atomic mass is 9.81. The van der Waals surface area contributed by atoms with E-state index in [1.807, 2.05) is 0 Å². The second kappa shape index (κ2) is 5.65. The third kappa shape index (κ3) is 2.58. The molecule has 0 unspecified atom stereocenters. The van der Waals surface area contributed by atoms with Crippen molar-refractivity contribution in [1.29, 1.82) is 0 Å². The summed E-state index contributed by atoms with van der Waals surface area (Å²) < 4.78 is 64.0. The van der Waals surface area contributed by atoms with Crippen LogP contribution >= 0.6 is 0 Å². The molecule has 0 aromatic heterocycles. The standard InChI is InChI=1S/C14H10N2O10S2/c15-11-5(27(21,22)23)1-3(17)7-9(11)14(20)8-4(18)2-6(28(24,25)26)12(16)10(8)13(7)19/h1-2,17-18H,15-16H2,(H,21,22,23)(H,24,25,26). The van der Waals surface area contributed by atoms with Crippen molar-refractivity contribution in [1.82, 2.24) is 0 Å². The van der Waals surface area contributed by atoms with E-state index in [1.165, 1.54) is 0 Å². The average Bonchev–Trinajstić information content (AvgIpc) is 2.53. The number of phenols is 2. The van der Waals surface area contributed by atoms with Gasteiger partial charge in [-0.05, 0) is 0 Å². The summed E-state index contributed by atoms with van der Waals surface area (Å²) in [6.07, 6.45) is 0. The van der Waals surface area contributed by atoms with Gasteiger partial charge in [-0.3, -0.25) is 18.7 Å². The van der Waals surface area contributed by atoms with Gasteiger partial charge in [-0.2, -0.15) is 16.8 Å². The summed E-state index contributed by atoms with van der Waals surface area (Å²) in [6, 6.07) is 0.838. The van der Waals surface area contributed by atoms with Crippen LogP contribution in [0.5, 0.6) is 11.5 Å². The Balaban J connectivity index is 2.50. The number of rotatable bonds is 2. The second-order valence-corrected chi connectivity index (χ2v) is 8.50. The number of nitrogens with two attached hydrogens (primary N) is 2. The molecule has 1 aliphatic carbocycles. The van der Waals surface area contributed by atoms with Crippen LogP contribution in [-0.4, -0.2) is 47.7 Å². The minimum Gasteiger partial charge on any atom is -0.507 e. The van der Waals surface area contributed by atoms with Gasteiger partial charge >= 0.3 is 0 Å². The zero-order chi connectivity index (χ0) is 21.3. The van der Waals surface area contributed by atoms with E-state index >= 15 is 0 Å². The van der Waals surface area contributed by atoms with Crippen molar-refractivity contribution >= 4 is 43.2 Å². The Bertz CT molecular complexity index is 1220. The molecular weight excluding hydrogens is 420 g/mol. The highest BCUT2D eigenvalue weighted by Crippen LogP contribution is 2.44. The summed E-state index contributed by atoms with van der Waals surface area (Å²) in [5, 5.41) is 20.1. The fourth-order valence-corrected chi connectivity index (χ4v) is 4.21. The third-order valence-corrected chi connectivity index (χ3v) is 5.87. The van der Waals surface area contributed by atoms with E-state index in [-0.39, 0.29) is 0 Å². The van der Waals surface area contributed by atoms with Crippen LogP contribution in [0.2, 0.25) is 0 Å². The van der Waals surface area contributed by atoms with Crippen LogP contribution in [0.1, 0.15) is 31.8 Å². The Kier molecular flexibility index (Phi) is 3.95. The Morgan fingerprint density at radius 1 is 0.643 bits per heavy atom. The minimum absolute atomic E-state index is 0.419. The van der Waals surface area contributed by atoms with Gasteiger partial charge in [-0.15, -0.1) is 0 Å². The number of ketones is 2. The van der Waals surface area contributed by atoms with E-state index in [0.717, 1.165) is 0 Å². The summed E-state index contributed by atoms with van der Waals surface area (Å²) in [4.78, 5) is 23.5. The molecule has 0 saturated heterocycles. The molecule has 2 aromatic rings. The number of hydrogen-bond acceptors (Lipinski definition) is 10. The van der Waals surface area contributed by atoms with E-state index in [2.05, 4.69) is 0 Å². The molecule has 148 valence electrons. The van der Waals surface area contributed by atoms with Crippen LogP contribution < -0.4 is 11.5 Å². The maximum atomic E-state index is 12.8.